The number of rotatable bonds is 0. The monoisotopic (exact) mass is 268 g/mol. The third-order valence-corrected chi connectivity index (χ3v) is 5.34. The largest absolute Gasteiger partial charge is 0.291 e. The van der Waals surface area contributed by atoms with Gasteiger partial charge in [0.25, 0.3) is 0 Å². The summed E-state index contributed by atoms with van der Waals surface area (Å²) in [5.74, 6) is 0.572. The first-order valence-corrected chi connectivity index (χ1v) is 7.55. The van der Waals surface area contributed by atoms with E-state index < -0.39 is 0 Å². The third kappa shape index (κ3) is 1.39. The van der Waals surface area contributed by atoms with Crippen LogP contribution in [0.25, 0.3) is 16.2 Å². The Morgan fingerprint density at radius 2 is 2.05 bits per heavy atom. The van der Waals surface area contributed by atoms with E-state index in [4.69, 9.17) is 4.98 Å². The molecule has 0 N–H and O–H groups in total. The number of hydrogen-bond acceptors (Lipinski definition) is 2. The number of aromatic nitrogens is 2. The maximum absolute atomic E-state index is 4.89. The second kappa shape index (κ2) is 3.70. The molecule has 1 aliphatic carbocycles. The molecule has 2 heterocycles. The zero-order valence-corrected chi connectivity index (χ0v) is 12.2. The zero-order chi connectivity index (χ0) is 13.1. The molecule has 96 valence electrons. The van der Waals surface area contributed by atoms with E-state index in [1.54, 1.807) is 11.3 Å². The molecule has 0 amide bonds. The van der Waals surface area contributed by atoms with Crippen molar-refractivity contribution in [3.8, 4) is 11.3 Å². The van der Waals surface area contributed by atoms with Crippen molar-refractivity contribution in [2.75, 3.05) is 0 Å². The number of aryl methyl sites for hydroxylation is 2. The summed E-state index contributed by atoms with van der Waals surface area (Å²) in [4.78, 5) is 7.41. The standard InChI is InChI=1S/C16H16N2S/c1-9-8-14-15(13-7-5-4-6-12(9)13)17-16-18(14)10(2)11(3)19-16/h4-7,9H,8H2,1-3H3. The van der Waals surface area contributed by atoms with Gasteiger partial charge in [0, 0.05) is 16.1 Å². The van der Waals surface area contributed by atoms with Gasteiger partial charge in [-0.25, -0.2) is 4.98 Å². The first-order chi connectivity index (χ1) is 9.16. The number of thiazole rings is 1. The highest BCUT2D eigenvalue weighted by atomic mass is 32.1. The molecular weight excluding hydrogens is 252 g/mol. The van der Waals surface area contributed by atoms with Crippen molar-refractivity contribution in [2.24, 2.45) is 0 Å². The van der Waals surface area contributed by atoms with Crippen LogP contribution < -0.4 is 0 Å². The molecule has 2 nitrogen and oxygen atoms in total. The Kier molecular flexibility index (Phi) is 2.19. The van der Waals surface area contributed by atoms with E-state index >= 15 is 0 Å². The zero-order valence-electron chi connectivity index (χ0n) is 11.4. The number of hydrogen-bond donors (Lipinski definition) is 0. The predicted molar refractivity (Wildman–Crippen MR) is 80.1 cm³/mol. The van der Waals surface area contributed by atoms with Crippen molar-refractivity contribution >= 4 is 16.3 Å². The van der Waals surface area contributed by atoms with Crippen LogP contribution in [0.2, 0.25) is 0 Å². The number of fused-ring (bicyclic) bond motifs is 5. The topological polar surface area (TPSA) is 17.3 Å². The molecule has 1 atom stereocenters. The molecule has 2 aromatic heterocycles. The normalized spacial score (nSPS) is 17.5. The molecule has 1 unspecified atom stereocenters. The maximum Gasteiger partial charge on any atom is 0.194 e. The highest BCUT2D eigenvalue weighted by Crippen LogP contribution is 2.41. The highest BCUT2D eigenvalue weighted by molar-refractivity contribution is 7.17. The summed E-state index contributed by atoms with van der Waals surface area (Å²) in [5.41, 5.74) is 6.70. The van der Waals surface area contributed by atoms with Crippen LogP contribution >= 0.6 is 11.3 Å². The smallest absolute Gasteiger partial charge is 0.194 e. The second-order valence-electron chi connectivity index (χ2n) is 5.46. The first kappa shape index (κ1) is 11.2. The SMILES string of the molecule is Cc1sc2nc3c(n2c1C)CC(C)c1ccccc1-3. The van der Waals surface area contributed by atoms with Crippen molar-refractivity contribution in [1.82, 2.24) is 9.38 Å². The first-order valence-electron chi connectivity index (χ1n) is 6.73. The fraction of sp³-hybridized carbons (Fsp3) is 0.312. The molecule has 0 aliphatic heterocycles. The van der Waals surface area contributed by atoms with Gasteiger partial charge >= 0.3 is 0 Å². The van der Waals surface area contributed by atoms with Gasteiger partial charge < -0.3 is 0 Å². The minimum absolute atomic E-state index is 0.572. The Labute approximate surface area is 116 Å². The summed E-state index contributed by atoms with van der Waals surface area (Å²) in [6, 6.07) is 8.71. The molecule has 0 saturated carbocycles. The molecule has 1 aliphatic rings. The van der Waals surface area contributed by atoms with Crippen LogP contribution in [-0.4, -0.2) is 9.38 Å². The lowest BCUT2D eigenvalue weighted by Crippen LogP contribution is -2.10. The fourth-order valence-corrected chi connectivity index (χ4v) is 4.15. The fourth-order valence-electron chi connectivity index (χ4n) is 3.16. The summed E-state index contributed by atoms with van der Waals surface area (Å²) in [7, 11) is 0. The molecule has 4 rings (SSSR count). The average molecular weight is 268 g/mol. The van der Waals surface area contributed by atoms with Gasteiger partial charge in [0.05, 0.1) is 11.4 Å². The minimum atomic E-state index is 0.572. The van der Waals surface area contributed by atoms with E-state index in [0.717, 1.165) is 11.4 Å². The number of imidazole rings is 1. The molecule has 0 saturated heterocycles. The molecular formula is C16H16N2S. The Morgan fingerprint density at radius 1 is 1.26 bits per heavy atom. The van der Waals surface area contributed by atoms with Crippen LogP contribution in [-0.2, 0) is 6.42 Å². The van der Waals surface area contributed by atoms with Gasteiger partial charge in [-0.15, -0.1) is 11.3 Å². The van der Waals surface area contributed by atoms with Crippen LogP contribution in [0.4, 0.5) is 0 Å². The van der Waals surface area contributed by atoms with E-state index in [9.17, 15) is 0 Å². The molecule has 0 fully saturated rings. The lowest BCUT2D eigenvalue weighted by atomic mass is 9.84. The van der Waals surface area contributed by atoms with Crippen molar-refractivity contribution in [3.05, 3.63) is 46.1 Å². The Hall–Kier alpha value is -1.61. The quantitative estimate of drug-likeness (QED) is 0.593. The van der Waals surface area contributed by atoms with Crippen molar-refractivity contribution in [2.45, 2.75) is 33.1 Å². The van der Waals surface area contributed by atoms with Crippen LogP contribution in [0.3, 0.4) is 0 Å². The Balaban J connectivity index is 2.10. The molecule has 0 bridgehead atoms. The van der Waals surface area contributed by atoms with E-state index in [1.165, 1.54) is 33.1 Å². The number of benzene rings is 1. The average Bonchev–Trinajstić information content (AvgIpc) is 2.89. The van der Waals surface area contributed by atoms with Crippen molar-refractivity contribution in [1.29, 1.82) is 0 Å². The Morgan fingerprint density at radius 3 is 2.89 bits per heavy atom. The summed E-state index contributed by atoms with van der Waals surface area (Å²) >= 11 is 1.80. The molecule has 1 aromatic carbocycles. The number of nitrogens with zero attached hydrogens (tertiary/aromatic N) is 2. The lowest BCUT2D eigenvalue weighted by molar-refractivity contribution is 0.722. The lowest BCUT2D eigenvalue weighted by Gasteiger charge is -2.22. The minimum Gasteiger partial charge on any atom is -0.291 e. The van der Waals surface area contributed by atoms with E-state index in [-0.39, 0.29) is 0 Å². The maximum atomic E-state index is 4.89. The summed E-state index contributed by atoms with van der Waals surface area (Å²) < 4.78 is 2.36. The van der Waals surface area contributed by atoms with E-state index in [2.05, 4.69) is 49.4 Å². The molecule has 3 aromatic rings. The summed E-state index contributed by atoms with van der Waals surface area (Å²) in [6.45, 7) is 6.70. The van der Waals surface area contributed by atoms with Gasteiger partial charge in [-0.2, -0.15) is 0 Å². The van der Waals surface area contributed by atoms with Gasteiger partial charge in [0.1, 0.15) is 0 Å². The molecule has 19 heavy (non-hydrogen) atoms. The predicted octanol–water partition coefficient (Wildman–Crippen LogP) is 4.34. The van der Waals surface area contributed by atoms with Crippen LogP contribution in [0.5, 0.6) is 0 Å². The van der Waals surface area contributed by atoms with Gasteiger partial charge in [0.2, 0.25) is 0 Å². The highest BCUT2D eigenvalue weighted by Gasteiger charge is 2.27. The third-order valence-electron chi connectivity index (χ3n) is 4.28. The second-order valence-corrected chi connectivity index (χ2v) is 6.64. The van der Waals surface area contributed by atoms with Gasteiger partial charge in [-0.1, -0.05) is 31.2 Å². The van der Waals surface area contributed by atoms with Crippen molar-refractivity contribution < 1.29 is 0 Å². The molecule has 0 radical (unpaired) electrons. The Bertz CT molecular complexity index is 795. The van der Waals surface area contributed by atoms with Crippen LogP contribution in [0.15, 0.2) is 24.3 Å². The van der Waals surface area contributed by atoms with Gasteiger partial charge in [0.15, 0.2) is 4.96 Å². The van der Waals surface area contributed by atoms with Crippen LogP contribution in [0, 0.1) is 13.8 Å². The van der Waals surface area contributed by atoms with E-state index in [0.29, 0.717) is 5.92 Å². The van der Waals surface area contributed by atoms with Gasteiger partial charge in [-0.05, 0) is 31.7 Å². The van der Waals surface area contributed by atoms with Gasteiger partial charge in [-0.3, -0.25) is 4.40 Å². The van der Waals surface area contributed by atoms with E-state index in [1.807, 2.05) is 0 Å². The summed E-state index contributed by atoms with van der Waals surface area (Å²) in [5, 5.41) is 0. The molecule has 0 spiro atoms. The van der Waals surface area contributed by atoms with Crippen molar-refractivity contribution in [3.63, 3.8) is 0 Å². The summed E-state index contributed by atoms with van der Waals surface area (Å²) in [6.07, 6.45) is 1.09. The van der Waals surface area contributed by atoms with Crippen LogP contribution in [0.1, 0.15) is 34.7 Å². The molecule has 3 heteroatoms.